The largest absolute Gasteiger partial charge is 0.507 e. The molecule has 1 aliphatic rings. The number of benzene rings is 2. The molecule has 1 aromatic heterocycles. The molecule has 0 saturated carbocycles. The summed E-state index contributed by atoms with van der Waals surface area (Å²) in [4.78, 5) is 14.6. The van der Waals surface area contributed by atoms with Crippen molar-refractivity contribution in [3.8, 4) is 22.6 Å². The van der Waals surface area contributed by atoms with E-state index in [4.69, 9.17) is 9.15 Å². The first-order chi connectivity index (χ1) is 13.6. The molecule has 4 rings (SSSR count). The number of quaternary nitrogens is 1. The van der Waals surface area contributed by atoms with Gasteiger partial charge in [-0.25, -0.2) is 0 Å². The van der Waals surface area contributed by atoms with E-state index in [0.29, 0.717) is 29.1 Å². The van der Waals surface area contributed by atoms with Gasteiger partial charge in [-0.3, -0.25) is 4.79 Å². The standard InChI is InChI=1S/C23H25NO4/c1-15-5-3-4-12-24(15)13-19-21(25)11-10-18-22(26)20(14-28-23(18)19)16-6-8-17(27-2)9-7-16/h6-11,14-15,25H,3-5,12-13H2,1-2H3/p+1/t15-/m0/s1. The highest BCUT2D eigenvalue weighted by Crippen LogP contribution is 2.28. The van der Waals surface area contributed by atoms with Crippen molar-refractivity contribution in [1.29, 1.82) is 0 Å². The molecule has 2 N–H and O–H groups in total. The van der Waals surface area contributed by atoms with E-state index in [-0.39, 0.29) is 11.2 Å². The van der Waals surface area contributed by atoms with E-state index in [0.717, 1.165) is 23.4 Å². The van der Waals surface area contributed by atoms with Gasteiger partial charge in [0.15, 0.2) is 0 Å². The Labute approximate surface area is 164 Å². The van der Waals surface area contributed by atoms with E-state index in [1.54, 1.807) is 19.2 Å². The molecule has 1 aliphatic heterocycles. The Hall–Kier alpha value is -2.79. The maximum absolute atomic E-state index is 13.1. The third-order valence-electron chi connectivity index (χ3n) is 5.91. The molecule has 0 aliphatic carbocycles. The van der Waals surface area contributed by atoms with Crippen LogP contribution in [0.15, 0.2) is 51.9 Å². The SMILES string of the molecule is COc1ccc(-c2coc3c(C[NH+]4CCCC[C@@H]4C)c(O)ccc3c2=O)cc1. The molecule has 1 fully saturated rings. The molecule has 5 nitrogen and oxygen atoms in total. The van der Waals surface area contributed by atoms with E-state index < -0.39 is 0 Å². The van der Waals surface area contributed by atoms with Crippen LogP contribution in [0.25, 0.3) is 22.1 Å². The zero-order chi connectivity index (χ0) is 19.7. The van der Waals surface area contributed by atoms with Crippen molar-refractivity contribution in [1.82, 2.24) is 0 Å². The highest BCUT2D eigenvalue weighted by molar-refractivity contribution is 5.85. The summed E-state index contributed by atoms with van der Waals surface area (Å²) in [5.74, 6) is 0.929. The fourth-order valence-electron chi connectivity index (χ4n) is 4.13. The van der Waals surface area contributed by atoms with Gasteiger partial charge in [0, 0.05) is 0 Å². The average Bonchev–Trinajstić information content (AvgIpc) is 2.72. The van der Waals surface area contributed by atoms with Gasteiger partial charge in [0.1, 0.15) is 29.9 Å². The van der Waals surface area contributed by atoms with Gasteiger partial charge in [-0.2, -0.15) is 0 Å². The first-order valence-electron chi connectivity index (χ1n) is 9.84. The number of ether oxygens (including phenoxy) is 1. The van der Waals surface area contributed by atoms with E-state index in [1.807, 2.05) is 24.3 Å². The van der Waals surface area contributed by atoms with Crippen LogP contribution >= 0.6 is 0 Å². The normalized spacial score (nSPS) is 19.6. The third kappa shape index (κ3) is 3.38. The number of fused-ring (bicyclic) bond motifs is 1. The lowest BCUT2D eigenvalue weighted by atomic mass is 10.0. The Balaban J connectivity index is 1.77. The van der Waals surface area contributed by atoms with E-state index in [2.05, 4.69) is 6.92 Å². The minimum Gasteiger partial charge on any atom is -0.507 e. The quantitative estimate of drug-likeness (QED) is 0.730. The summed E-state index contributed by atoms with van der Waals surface area (Å²) in [6, 6.07) is 11.1. The van der Waals surface area contributed by atoms with E-state index >= 15 is 0 Å². The van der Waals surface area contributed by atoms with Crippen molar-refractivity contribution >= 4 is 11.0 Å². The van der Waals surface area contributed by atoms with Gasteiger partial charge in [-0.1, -0.05) is 12.1 Å². The van der Waals surface area contributed by atoms with Gasteiger partial charge >= 0.3 is 0 Å². The molecule has 0 radical (unpaired) electrons. The summed E-state index contributed by atoms with van der Waals surface area (Å²) in [7, 11) is 1.61. The van der Waals surface area contributed by atoms with Crippen LogP contribution < -0.4 is 15.1 Å². The molecule has 2 atom stereocenters. The van der Waals surface area contributed by atoms with Gasteiger partial charge in [-0.05, 0) is 56.0 Å². The smallest absolute Gasteiger partial charge is 0.200 e. The monoisotopic (exact) mass is 380 g/mol. The van der Waals surface area contributed by atoms with Crippen LogP contribution in [-0.4, -0.2) is 24.8 Å². The lowest BCUT2D eigenvalue weighted by Gasteiger charge is -2.30. The second-order valence-electron chi connectivity index (χ2n) is 7.63. The van der Waals surface area contributed by atoms with Crippen molar-refractivity contribution in [3.05, 3.63) is 58.4 Å². The summed E-state index contributed by atoms with van der Waals surface area (Å²) in [6.45, 7) is 3.98. The van der Waals surface area contributed by atoms with Gasteiger partial charge in [-0.15, -0.1) is 0 Å². The number of hydrogen-bond donors (Lipinski definition) is 2. The van der Waals surface area contributed by atoms with E-state index in [9.17, 15) is 9.90 Å². The Bertz CT molecular complexity index is 1040. The van der Waals surface area contributed by atoms with Crippen LogP contribution in [0.4, 0.5) is 0 Å². The maximum atomic E-state index is 13.1. The molecule has 146 valence electrons. The summed E-state index contributed by atoms with van der Waals surface area (Å²) in [5.41, 5.74) is 2.41. The molecule has 5 heteroatoms. The number of aromatic hydroxyl groups is 1. The second kappa shape index (κ2) is 7.68. The molecule has 1 saturated heterocycles. The molecule has 0 bridgehead atoms. The van der Waals surface area contributed by atoms with Crippen molar-refractivity contribution in [2.75, 3.05) is 13.7 Å². The summed E-state index contributed by atoms with van der Waals surface area (Å²) in [5, 5.41) is 11.0. The molecule has 0 spiro atoms. The van der Waals surface area contributed by atoms with Gasteiger partial charge in [0.2, 0.25) is 5.43 Å². The van der Waals surface area contributed by atoms with Crippen LogP contribution in [-0.2, 0) is 6.54 Å². The minimum atomic E-state index is -0.0886. The molecule has 3 aromatic rings. The summed E-state index contributed by atoms with van der Waals surface area (Å²) in [6.07, 6.45) is 5.14. The molecule has 28 heavy (non-hydrogen) atoms. The lowest BCUT2D eigenvalue weighted by molar-refractivity contribution is -0.941. The molecular formula is C23H26NO4+. The first kappa shape index (κ1) is 18.6. The summed E-state index contributed by atoms with van der Waals surface area (Å²) < 4.78 is 11.1. The van der Waals surface area contributed by atoms with Crippen LogP contribution in [0, 0.1) is 0 Å². The van der Waals surface area contributed by atoms with Gasteiger partial charge in [0.25, 0.3) is 0 Å². The number of phenols is 1. The number of hydrogen-bond acceptors (Lipinski definition) is 4. The van der Waals surface area contributed by atoms with Crippen LogP contribution in [0.5, 0.6) is 11.5 Å². The number of phenolic OH excluding ortho intramolecular Hbond substituents is 1. The van der Waals surface area contributed by atoms with Crippen LogP contribution in [0.3, 0.4) is 0 Å². The fourth-order valence-corrected chi connectivity index (χ4v) is 4.13. The minimum absolute atomic E-state index is 0.0886. The summed E-state index contributed by atoms with van der Waals surface area (Å²) >= 11 is 0. The zero-order valence-corrected chi connectivity index (χ0v) is 16.3. The van der Waals surface area contributed by atoms with Crippen molar-refractivity contribution in [3.63, 3.8) is 0 Å². The molecule has 0 amide bonds. The number of piperidine rings is 1. The number of likely N-dealkylation sites (tertiary alicyclic amines) is 1. The number of rotatable bonds is 4. The third-order valence-corrected chi connectivity index (χ3v) is 5.91. The fraction of sp³-hybridized carbons (Fsp3) is 0.348. The maximum Gasteiger partial charge on any atom is 0.200 e. The predicted octanol–water partition coefficient (Wildman–Crippen LogP) is 3.13. The molecule has 2 heterocycles. The van der Waals surface area contributed by atoms with Gasteiger partial charge < -0.3 is 19.2 Å². The lowest BCUT2D eigenvalue weighted by Crippen LogP contribution is -3.14. The van der Waals surface area contributed by atoms with Crippen molar-refractivity contribution in [2.45, 2.75) is 38.8 Å². The molecular weight excluding hydrogens is 354 g/mol. The second-order valence-corrected chi connectivity index (χ2v) is 7.63. The van der Waals surface area contributed by atoms with E-state index in [1.165, 1.54) is 30.4 Å². The highest BCUT2D eigenvalue weighted by Gasteiger charge is 2.25. The van der Waals surface area contributed by atoms with Crippen molar-refractivity contribution in [2.24, 2.45) is 0 Å². The van der Waals surface area contributed by atoms with Crippen molar-refractivity contribution < 1.29 is 19.2 Å². The predicted molar refractivity (Wildman–Crippen MR) is 109 cm³/mol. The average molecular weight is 380 g/mol. The zero-order valence-electron chi connectivity index (χ0n) is 16.3. The molecule has 2 aromatic carbocycles. The van der Waals surface area contributed by atoms with Gasteiger partial charge in [0.05, 0.1) is 36.2 Å². The number of methoxy groups -OCH3 is 1. The van der Waals surface area contributed by atoms with Crippen LogP contribution in [0.2, 0.25) is 0 Å². The number of nitrogens with one attached hydrogen (secondary N) is 1. The van der Waals surface area contributed by atoms with Crippen LogP contribution in [0.1, 0.15) is 31.7 Å². The topological polar surface area (TPSA) is 64.1 Å². The molecule has 1 unspecified atom stereocenters. The Morgan fingerprint density at radius 1 is 1.18 bits per heavy atom. The Kier molecular flexibility index (Phi) is 5.09. The Morgan fingerprint density at radius 2 is 1.96 bits per heavy atom. The Morgan fingerprint density at radius 3 is 2.68 bits per heavy atom. The first-order valence-corrected chi connectivity index (χ1v) is 9.84. The highest BCUT2D eigenvalue weighted by atomic mass is 16.5.